The van der Waals surface area contributed by atoms with Gasteiger partial charge >= 0.3 is 6.18 Å². The fourth-order valence-corrected chi connectivity index (χ4v) is 3.57. The Labute approximate surface area is 145 Å². The van der Waals surface area contributed by atoms with E-state index in [1.807, 2.05) is 0 Å². The molecule has 0 bridgehead atoms. The van der Waals surface area contributed by atoms with Crippen LogP contribution in [0.2, 0.25) is 0 Å². The van der Waals surface area contributed by atoms with Crippen LogP contribution in [0.25, 0.3) is 0 Å². The molecule has 0 radical (unpaired) electrons. The number of fused-ring (bicyclic) bond motifs is 1. The summed E-state index contributed by atoms with van der Waals surface area (Å²) in [6.45, 7) is 0. The van der Waals surface area contributed by atoms with Gasteiger partial charge in [-0.2, -0.15) is 23.3 Å². The van der Waals surface area contributed by atoms with Gasteiger partial charge in [-0.1, -0.05) is 28.8 Å². The normalized spacial score (nSPS) is 27.5. The van der Waals surface area contributed by atoms with Gasteiger partial charge in [-0.05, 0) is 43.5 Å². The summed E-state index contributed by atoms with van der Waals surface area (Å²) in [5.41, 5.74) is -2.98. The molecule has 1 saturated carbocycles. The molecule has 1 aromatic carbocycles. The topological polar surface area (TPSA) is 52.9 Å². The Bertz CT molecular complexity index is 675. The summed E-state index contributed by atoms with van der Waals surface area (Å²) in [6, 6.07) is 5.91. The van der Waals surface area contributed by atoms with Crippen molar-refractivity contribution in [2.45, 2.75) is 44.0 Å². The number of benzene rings is 1. The van der Waals surface area contributed by atoms with Crippen molar-refractivity contribution < 1.29 is 23.1 Å². The molecule has 8 heteroatoms. The van der Waals surface area contributed by atoms with Gasteiger partial charge in [0.2, 0.25) is 0 Å². The van der Waals surface area contributed by atoms with E-state index in [1.165, 1.54) is 12.1 Å². The number of carbonyl (C=O) groups is 1. The molecule has 1 heterocycles. The Kier molecular flexibility index (Phi) is 4.46. The van der Waals surface area contributed by atoms with Gasteiger partial charge in [-0.15, -0.1) is 0 Å². The van der Waals surface area contributed by atoms with E-state index in [1.54, 1.807) is 12.1 Å². The van der Waals surface area contributed by atoms with Crippen molar-refractivity contribution >= 4 is 27.5 Å². The molecule has 2 atom stereocenters. The standard InChI is InChI=1S/C16H16BrF3N2O2/c17-11-8-6-10(7-9-11)14(23)22-15(24,16(18,19)20)12-4-2-1-3-5-13(12)21-22/h6-9,12,24H,1-5H2. The maximum absolute atomic E-state index is 13.7. The van der Waals surface area contributed by atoms with Crippen LogP contribution in [0.1, 0.15) is 42.5 Å². The summed E-state index contributed by atoms with van der Waals surface area (Å²) >= 11 is 3.21. The zero-order chi connectivity index (χ0) is 17.5. The first-order valence-electron chi connectivity index (χ1n) is 7.71. The average Bonchev–Trinajstić information content (AvgIpc) is 2.68. The maximum Gasteiger partial charge on any atom is 0.439 e. The third-order valence-electron chi connectivity index (χ3n) is 4.57. The van der Waals surface area contributed by atoms with Gasteiger partial charge < -0.3 is 5.11 Å². The van der Waals surface area contributed by atoms with E-state index in [0.29, 0.717) is 23.7 Å². The van der Waals surface area contributed by atoms with Crippen LogP contribution in [0.3, 0.4) is 0 Å². The van der Waals surface area contributed by atoms with E-state index < -0.39 is 23.7 Å². The molecular weight excluding hydrogens is 389 g/mol. The van der Waals surface area contributed by atoms with Crippen LogP contribution in [-0.4, -0.2) is 33.6 Å². The number of halogens is 4. The molecule has 0 spiro atoms. The van der Waals surface area contributed by atoms with Crippen LogP contribution in [-0.2, 0) is 0 Å². The summed E-state index contributed by atoms with van der Waals surface area (Å²) in [6.07, 6.45) is -2.37. The largest absolute Gasteiger partial charge is 0.439 e. The third-order valence-corrected chi connectivity index (χ3v) is 5.09. The first-order valence-corrected chi connectivity index (χ1v) is 8.51. The molecule has 2 unspecified atom stereocenters. The Morgan fingerprint density at radius 1 is 1.25 bits per heavy atom. The monoisotopic (exact) mass is 404 g/mol. The van der Waals surface area contributed by atoms with Gasteiger partial charge in [0.15, 0.2) is 0 Å². The molecule has 4 nitrogen and oxygen atoms in total. The zero-order valence-corrected chi connectivity index (χ0v) is 14.3. The van der Waals surface area contributed by atoms with Crippen molar-refractivity contribution in [1.82, 2.24) is 5.01 Å². The second-order valence-electron chi connectivity index (χ2n) is 6.09. The SMILES string of the molecule is O=C(c1ccc(Br)cc1)N1N=C2CCCCCC2C1(O)C(F)(F)F. The number of alkyl halides is 3. The van der Waals surface area contributed by atoms with Gasteiger partial charge in [-0.3, -0.25) is 4.79 Å². The molecule has 3 rings (SSSR count). The van der Waals surface area contributed by atoms with Crippen LogP contribution in [0.5, 0.6) is 0 Å². The molecule has 0 saturated heterocycles. The van der Waals surface area contributed by atoms with Gasteiger partial charge in [0.25, 0.3) is 11.6 Å². The van der Waals surface area contributed by atoms with Gasteiger partial charge in [-0.25, -0.2) is 0 Å². The lowest BCUT2D eigenvalue weighted by atomic mass is 9.87. The number of nitrogens with zero attached hydrogens (tertiary/aromatic N) is 2. The average molecular weight is 405 g/mol. The molecule has 1 aliphatic heterocycles. The minimum absolute atomic E-state index is 0.0432. The number of aliphatic hydroxyl groups is 1. The molecule has 1 N–H and O–H groups in total. The number of hydrogen-bond acceptors (Lipinski definition) is 3. The Balaban J connectivity index is 2.03. The highest BCUT2D eigenvalue weighted by Gasteiger charge is 2.68. The summed E-state index contributed by atoms with van der Waals surface area (Å²) in [5.74, 6) is -2.15. The lowest BCUT2D eigenvalue weighted by Crippen LogP contribution is -2.61. The Morgan fingerprint density at radius 2 is 1.92 bits per heavy atom. The minimum Gasteiger partial charge on any atom is -0.362 e. The third kappa shape index (κ3) is 2.75. The molecular formula is C16H16BrF3N2O2. The zero-order valence-electron chi connectivity index (χ0n) is 12.7. The van der Waals surface area contributed by atoms with Gasteiger partial charge in [0, 0.05) is 15.7 Å². The Hall–Kier alpha value is -1.41. The molecule has 1 aromatic rings. The van der Waals surface area contributed by atoms with Crippen molar-refractivity contribution in [3.05, 3.63) is 34.3 Å². The van der Waals surface area contributed by atoms with Crippen LogP contribution in [0.15, 0.2) is 33.8 Å². The molecule has 2 aliphatic rings. The predicted molar refractivity (Wildman–Crippen MR) is 85.3 cm³/mol. The van der Waals surface area contributed by atoms with E-state index in [9.17, 15) is 23.1 Å². The fourth-order valence-electron chi connectivity index (χ4n) is 3.31. The van der Waals surface area contributed by atoms with E-state index in [2.05, 4.69) is 21.0 Å². The lowest BCUT2D eigenvalue weighted by Gasteiger charge is -2.37. The number of hydrogen-bond donors (Lipinski definition) is 1. The molecule has 24 heavy (non-hydrogen) atoms. The van der Waals surface area contributed by atoms with Crippen molar-refractivity contribution in [3.8, 4) is 0 Å². The van der Waals surface area contributed by atoms with E-state index >= 15 is 0 Å². The summed E-state index contributed by atoms with van der Waals surface area (Å²) < 4.78 is 41.8. The quantitative estimate of drug-likeness (QED) is 0.765. The summed E-state index contributed by atoms with van der Waals surface area (Å²) in [5, 5.41) is 14.7. The molecule has 1 fully saturated rings. The van der Waals surface area contributed by atoms with E-state index in [4.69, 9.17) is 0 Å². The van der Waals surface area contributed by atoms with Gasteiger partial charge in [0.05, 0.1) is 5.92 Å². The van der Waals surface area contributed by atoms with Crippen molar-refractivity contribution in [2.75, 3.05) is 0 Å². The number of amides is 1. The molecule has 130 valence electrons. The van der Waals surface area contributed by atoms with Crippen LogP contribution >= 0.6 is 15.9 Å². The van der Waals surface area contributed by atoms with Crippen LogP contribution in [0, 0.1) is 5.92 Å². The number of hydrazone groups is 1. The highest BCUT2D eigenvalue weighted by Crippen LogP contribution is 2.48. The summed E-state index contributed by atoms with van der Waals surface area (Å²) in [4.78, 5) is 12.6. The van der Waals surface area contributed by atoms with Crippen molar-refractivity contribution in [2.24, 2.45) is 11.0 Å². The molecule has 1 aliphatic carbocycles. The Morgan fingerprint density at radius 3 is 2.54 bits per heavy atom. The second kappa shape index (κ2) is 6.15. The highest BCUT2D eigenvalue weighted by molar-refractivity contribution is 9.10. The fraction of sp³-hybridized carbons (Fsp3) is 0.500. The van der Waals surface area contributed by atoms with Gasteiger partial charge in [0.1, 0.15) is 0 Å². The van der Waals surface area contributed by atoms with Crippen molar-refractivity contribution in [3.63, 3.8) is 0 Å². The molecule has 0 aromatic heterocycles. The number of rotatable bonds is 1. The van der Waals surface area contributed by atoms with E-state index in [0.717, 1.165) is 6.42 Å². The number of carbonyl (C=O) groups excluding carboxylic acids is 1. The highest BCUT2D eigenvalue weighted by atomic mass is 79.9. The van der Waals surface area contributed by atoms with Crippen LogP contribution < -0.4 is 0 Å². The summed E-state index contributed by atoms with van der Waals surface area (Å²) in [7, 11) is 0. The smallest absolute Gasteiger partial charge is 0.362 e. The first-order chi connectivity index (χ1) is 11.2. The maximum atomic E-state index is 13.7. The lowest BCUT2D eigenvalue weighted by molar-refractivity contribution is -0.312. The first kappa shape index (κ1) is 17.4. The van der Waals surface area contributed by atoms with E-state index in [-0.39, 0.29) is 22.7 Å². The second-order valence-corrected chi connectivity index (χ2v) is 7.01. The predicted octanol–water partition coefficient (Wildman–Crippen LogP) is 4.09. The molecule has 1 amide bonds. The minimum atomic E-state index is -4.99. The van der Waals surface area contributed by atoms with Crippen LogP contribution in [0.4, 0.5) is 13.2 Å². The van der Waals surface area contributed by atoms with Crippen molar-refractivity contribution in [1.29, 1.82) is 0 Å².